The van der Waals surface area contributed by atoms with Crippen LogP contribution < -0.4 is 5.32 Å². The summed E-state index contributed by atoms with van der Waals surface area (Å²) in [5.41, 5.74) is 0.739. The maximum atomic E-state index is 12.7. The molecular weight excluding hydrogens is 349 g/mol. The lowest BCUT2D eigenvalue weighted by molar-refractivity contribution is -0.137. The van der Waals surface area contributed by atoms with Crippen LogP contribution in [0.4, 0.5) is 18.3 Å². The van der Waals surface area contributed by atoms with E-state index in [0.717, 1.165) is 17.0 Å². The van der Waals surface area contributed by atoms with E-state index >= 15 is 0 Å². The summed E-state index contributed by atoms with van der Waals surface area (Å²) in [6.07, 6.45) is -2.74. The molecule has 0 fully saturated rings. The van der Waals surface area contributed by atoms with Gasteiger partial charge in [-0.05, 0) is 36.2 Å². The Labute approximate surface area is 146 Å². The third kappa shape index (κ3) is 3.88. The summed E-state index contributed by atoms with van der Waals surface area (Å²) in [6, 6.07) is 11.5. The lowest BCUT2D eigenvalue weighted by Gasteiger charge is -2.11. The second-order valence-corrected chi connectivity index (χ2v) is 6.59. The van der Waals surface area contributed by atoms with Crippen molar-refractivity contribution >= 4 is 22.4 Å². The Bertz CT molecular complexity index is 901. The minimum Gasteiger partial charge on any atom is -0.298 e. The van der Waals surface area contributed by atoms with E-state index in [1.807, 2.05) is 6.92 Å². The lowest BCUT2D eigenvalue weighted by atomic mass is 9.98. The molecule has 0 saturated carbocycles. The molecule has 0 bridgehead atoms. The Morgan fingerprint density at radius 1 is 1.08 bits per heavy atom. The van der Waals surface area contributed by atoms with Crippen LogP contribution in [0.25, 0.3) is 11.1 Å². The van der Waals surface area contributed by atoms with Crippen molar-refractivity contribution in [3.05, 3.63) is 70.7 Å². The van der Waals surface area contributed by atoms with Gasteiger partial charge < -0.3 is 0 Å². The molecule has 2 aromatic carbocycles. The highest BCUT2D eigenvalue weighted by Gasteiger charge is 2.30. The summed E-state index contributed by atoms with van der Waals surface area (Å²) in [5.74, 6) is -0.357. The van der Waals surface area contributed by atoms with Crippen molar-refractivity contribution in [3.63, 3.8) is 0 Å². The molecule has 3 nitrogen and oxygen atoms in total. The van der Waals surface area contributed by atoms with Gasteiger partial charge in [0.25, 0.3) is 5.91 Å². The smallest absolute Gasteiger partial charge is 0.298 e. The molecule has 0 unspecified atom stereocenters. The van der Waals surface area contributed by atoms with E-state index in [9.17, 15) is 18.0 Å². The Kier molecular flexibility index (Phi) is 4.59. The van der Waals surface area contributed by atoms with Gasteiger partial charge in [0.05, 0.1) is 5.56 Å². The molecule has 7 heteroatoms. The summed E-state index contributed by atoms with van der Waals surface area (Å²) < 4.78 is 38.1. The second kappa shape index (κ2) is 6.68. The zero-order chi connectivity index (χ0) is 18.0. The monoisotopic (exact) mass is 362 g/mol. The molecule has 1 amide bonds. The van der Waals surface area contributed by atoms with Gasteiger partial charge in [-0.15, -0.1) is 11.3 Å². The van der Waals surface area contributed by atoms with Gasteiger partial charge in [0, 0.05) is 16.6 Å². The lowest BCUT2D eigenvalue weighted by Crippen LogP contribution is -2.13. The van der Waals surface area contributed by atoms with E-state index in [1.165, 1.54) is 23.5 Å². The maximum Gasteiger partial charge on any atom is 0.416 e. The average molecular weight is 362 g/mol. The minimum absolute atomic E-state index is 0.357. The molecule has 0 aliphatic carbocycles. The number of amides is 1. The van der Waals surface area contributed by atoms with E-state index in [1.54, 1.807) is 30.5 Å². The van der Waals surface area contributed by atoms with Crippen molar-refractivity contribution in [1.29, 1.82) is 0 Å². The molecule has 0 aliphatic heterocycles. The van der Waals surface area contributed by atoms with Gasteiger partial charge in [-0.1, -0.05) is 30.3 Å². The van der Waals surface area contributed by atoms with E-state index < -0.39 is 11.7 Å². The van der Waals surface area contributed by atoms with Gasteiger partial charge in [-0.3, -0.25) is 10.1 Å². The number of benzene rings is 2. The topological polar surface area (TPSA) is 42.0 Å². The number of nitrogens with one attached hydrogen (secondary N) is 1. The van der Waals surface area contributed by atoms with Crippen molar-refractivity contribution < 1.29 is 18.0 Å². The third-order valence-corrected chi connectivity index (χ3v) is 4.36. The van der Waals surface area contributed by atoms with Crippen LogP contribution in [0.5, 0.6) is 0 Å². The first-order chi connectivity index (χ1) is 11.8. The molecule has 25 heavy (non-hydrogen) atoms. The molecule has 0 saturated heterocycles. The average Bonchev–Trinajstić information content (AvgIpc) is 2.99. The van der Waals surface area contributed by atoms with Crippen LogP contribution in [-0.4, -0.2) is 10.9 Å². The van der Waals surface area contributed by atoms with Gasteiger partial charge in [-0.2, -0.15) is 13.2 Å². The van der Waals surface area contributed by atoms with Crippen LogP contribution in [0.15, 0.2) is 54.7 Å². The first-order valence-corrected chi connectivity index (χ1v) is 8.17. The van der Waals surface area contributed by atoms with Gasteiger partial charge in [0.15, 0.2) is 5.13 Å². The molecular formula is C18H13F3N2OS. The Morgan fingerprint density at radius 3 is 2.36 bits per heavy atom. The number of hydrogen-bond donors (Lipinski definition) is 1. The van der Waals surface area contributed by atoms with E-state index in [0.29, 0.717) is 21.8 Å². The number of aryl methyl sites for hydroxylation is 1. The third-order valence-electron chi connectivity index (χ3n) is 3.54. The number of carbonyl (C=O) groups is 1. The highest BCUT2D eigenvalue weighted by atomic mass is 32.1. The quantitative estimate of drug-likeness (QED) is 0.679. The SMILES string of the molecule is Cc1cnc(NC(=O)c2ccccc2-c2ccc(C(F)(F)F)cc2)s1. The number of halogens is 3. The number of aromatic nitrogens is 1. The highest BCUT2D eigenvalue weighted by Crippen LogP contribution is 2.32. The fourth-order valence-corrected chi connectivity index (χ4v) is 3.01. The fraction of sp³-hybridized carbons (Fsp3) is 0.111. The van der Waals surface area contributed by atoms with Crippen LogP contribution in [0, 0.1) is 6.92 Å². The van der Waals surface area contributed by atoms with Crippen molar-refractivity contribution in [1.82, 2.24) is 4.98 Å². The second-order valence-electron chi connectivity index (χ2n) is 5.35. The number of rotatable bonds is 3. The molecule has 0 atom stereocenters. The molecule has 1 N–H and O–H groups in total. The van der Waals surface area contributed by atoms with E-state index in [4.69, 9.17) is 0 Å². The summed E-state index contributed by atoms with van der Waals surface area (Å²) in [7, 11) is 0. The number of hydrogen-bond acceptors (Lipinski definition) is 3. The number of thiazole rings is 1. The molecule has 3 rings (SSSR count). The van der Waals surface area contributed by atoms with Gasteiger partial charge in [-0.25, -0.2) is 4.98 Å². The predicted molar refractivity (Wildman–Crippen MR) is 91.7 cm³/mol. The summed E-state index contributed by atoms with van der Waals surface area (Å²) in [5, 5.41) is 3.19. The number of alkyl halides is 3. The summed E-state index contributed by atoms with van der Waals surface area (Å²) in [4.78, 5) is 17.6. The number of anilines is 1. The van der Waals surface area contributed by atoms with Crippen molar-refractivity contribution in [2.45, 2.75) is 13.1 Å². The van der Waals surface area contributed by atoms with Crippen LogP contribution in [0.3, 0.4) is 0 Å². The van der Waals surface area contributed by atoms with E-state index in [2.05, 4.69) is 10.3 Å². The van der Waals surface area contributed by atoms with Crippen LogP contribution >= 0.6 is 11.3 Å². The molecule has 0 radical (unpaired) electrons. The minimum atomic E-state index is -4.39. The zero-order valence-electron chi connectivity index (χ0n) is 13.1. The maximum absolute atomic E-state index is 12.7. The van der Waals surface area contributed by atoms with Crippen LogP contribution in [-0.2, 0) is 6.18 Å². The van der Waals surface area contributed by atoms with Crippen LogP contribution in [0.1, 0.15) is 20.8 Å². The predicted octanol–water partition coefficient (Wildman–Crippen LogP) is 5.39. The molecule has 1 heterocycles. The van der Waals surface area contributed by atoms with Gasteiger partial charge >= 0.3 is 6.18 Å². The van der Waals surface area contributed by atoms with Crippen molar-refractivity contribution in [2.75, 3.05) is 5.32 Å². The highest BCUT2D eigenvalue weighted by molar-refractivity contribution is 7.15. The molecule has 0 aliphatic rings. The largest absolute Gasteiger partial charge is 0.416 e. The fourth-order valence-electron chi connectivity index (χ4n) is 2.35. The Morgan fingerprint density at radius 2 is 1.76 bits per heavy atom. The van der Waals surface area contributed by atoms with Crippen molar-refractivity contribution in [3.8, 4) is 11.1 Å². The van der Waals surface area contributed by atoms with E-state index in [-0.39, 0.29) is 5.91 Å². The standard InChI is InChI=1S/C18H13F3N2OS/c1-11-10-22-17(25-11)23-16(24)15-5-3-2-4-14(15)12-6-8-13(9-7-12)18(19,20)21/h2-10H,1H3,(H,22,23,24). The molecule has 128 valence electrons. The molecule has 3 aromatic rings. The number of carbonyl (C=O) groups excluding carboxylic acids is 1. The number of nitrogens with zero attached hydrogens (tertiary/aromatic N) is 1. The zero-order valence-corrected chi connectivity index (χ0v) is 13.9. The Balaban J connectivity index is 1.91. The normalized spacial score (nSPS) is 11.4. The summed E-state index contributed by atoms with van der Waals surface area (Å²) in [6.45, 7) is 1.88. The van der Waals surface area contributed by atoms with Gasteiger partial charge in [0.2, 0.25) is 0 Å². The first kappa shape index (κ1) is 17.2. The summed E-state index contributed by atoms with van der Waals surface area (Å²) >= 11 is 1.35. The first-order valence-electron chi connectivity index (χ1n) is 7.35. The van der Waals surface area contributed by atoms with Crippen LogP contribution in [0.2, 0.25) is 0 Å². The molecule has 1 aromatic heterocycles. The van der Waals surface area contributed by atoms with Crippen molar-refractivity contribution in [2.24, 2.45) is 0 Å². The molecule has 0 spiro atoms. The van der Waals surface area contributed by atoms with Gasteiger partial charge in [0.1, 0.15) is 0 Å². The Hall–Kier alpha value is -2.67.